The average molecular weight is 167 g/mol. The Morgan fingerprint density at radius 2 is 2.42 bits per heavy atom. The zero-order chi connectivity index (χ0) is 8.97. The largest absolute Gasteiger partial charge is 0.465 e. The molecule has 0 saturated carbocycles. The van der Waals surface area contributed by atoms with E-state index in [9.17, 15) is 14.9 Å². The summed E-state index contributed by atoms with van der Waals surface area (Å²) in [6.45, 7) is 0. The third kappa shape index (κ3) is 1.79. The van der Waals surface area contributed by atoms with Crippen molar-refractivity contribution in [2.24, 2.45) is 0 Å². The normalized spacial score (nSPS) is 11.2. The van der Waals surface area contributed by atoms with E-state index in [4.69, 9.17) is 4.42 Å². The maximum Gasteiger partial charge on any atom is 0.312 e. The molecule has 5 nitrogen and oxygen atoms in total. The highest BCUT2D eigenvalue weighted by atomic mass is 16.6. The highest BCUT2D eigenvalue weighted by molar-refractivity contribution is 5.77. The van der Waals surface area contributed by atoms with Crippen molar-refractivity contribution in [3.8, 4) is 0 Å². The van der Waals surface area contributed by atoms with Gasteiger partial charge < -0.3 is 4.42 Å². The van der Waals surface area contributed by atoms with E-state index in [2.05, 4.69) is 0 Å². The molecule has 1 aromatic heterocycles. The minimum absolute atomic E-state index is 0.169. The van der Waals surface area contributed by atoms with Crippen LogP contribution in [0.15, 0.2) is 28.5 Å². The molecule has 0 aliphatic carbocycles. The number of aldehydes is 1. The summed E-state index contributed by atoms with van der Waals surface area (Å²) in [6, 6.07) is 3.10. The smallest absolute Gasteiger partial charge is 0.312 e. The Labute approximate surface area is 67.4 Å². The first kappa shape index (κ1) is 8.19. The van der Waals surface area contributed by atoms with Crippen LogP contribution in [-0.4, -0.2) is 11.2 Å². The van der Waals surface area contributed by atoms with Gasteiger partial charge in [0.05, 0.1) is 17.3 Å². The zero-order valence-corrected chi connectivity index (χ0v) is 5.97. The Bertz CT molecular complexity index is 312. The lowest BCUT2D eigenvalue weighted by Crippen LogP contribution is -1.98. The molecule has 0 radical (unpaired) electrons. The summed E-state index contributed by atoms with van der Waals surface area (Å²) in [5.74, 6) is 0.286. The van der Waals surface area contributed by atoms with Gasteiger partial charge in [0, 0.05) is 0 Å². The molecule has 0 fully saturated rings. The molecule has 0 bridgehead atoms. The van der Waals surface area contributed by atoms with Crippen LogP contribution in [0.2, 0.25) is 0 Å². The van der Waals surface area contributed by atoms with Crippen LogP contribution in [0.1, 0.15) is 5.76 Å². The highest BCUT2D eigenvalue weighted by Gasteiger charge is 2.08. The highest BCUT2D eigenvalue weighted by Crippen LogP contribution is 2.05. The van der Waals surface area contributed by atoms with Crippen molar-refractivity contribution in [3.63, 3.8) is 0 Å². The summed E-state index contributed by atoms with van der Waals surface area (Å²) in [7, 11) is 0. The summed E-state index contributed by atoms with van der Waals surface area (Å²) in [4.78, 5) is 19.5. The molecule has 62 valence electrons. The van der Waals surface area contributed by atoms with Crippen LogP contribution in [0.25, 0.3) is 6.08 Å². The van der Waals surface area contributed by atoms with Crippen molar-refractivity contribution in [2.75, 3.05) is 0 Å². The molecular weight excluding hydrogens is 162 g/mol. The molecule has 5 heteroatoms. The van der Waals surface area contributed by atoms with E-state index in [0.29, 0.717) is 0 Å². The molecule has 0 saturated heterocycles. The van der Waals surface area contributed by atoms with Crippen molar-refractivity contribution < 1.29 is 14.1 Å². The monoisotopic (exact) mass is 167 g/mol. The van der Waals surface area contributed by atoms with Crippen LogP contribution < -0.4 is 0 Å². The molecular formula is C7H5NO4. The van der Waals surface area contributed by atoms with E-state index in [-0.39, 0.29) is 12.0 Å². The maximum atomic E-state index is 10.1. The lowest BCUT2D eigenvalue weighted by atomic mass is 10.3. The summed E-state index contributed by atoms with van der Waals surface area (Å²) in [6.07, 6.45) is 2.60. The third-order valence-electron chi connectivity index (χ3n) is 1.16. The first-order valence-electron chi connectivity index (χ1n) is 3.09. The first-order valence-corrected chi connectivity index (χ1v) is 3.09. The second-order valence-corrected chi connectivity index (χ2v) is 1.96. The standard InChI is InChI=1S/C7H5NO4/c9-5-6(8(10)11)4-7-2-1-3-12-7/h1-5H/b6-4-. The van der Waals surface area contributed by atoms with Crippen molar-refractivity contribution in [1.82, 2.24) is 0 Å². The van der Waals surface area contributed by atoms with Crippen LogP contribution in [-0.2, 0) is 4.79 Å². The predicted octanol–water partition coefficient (Wildman–Crippen LogP) is 1.10. The van der Waals surface area contributed by atoms with E-state index in [1.165, 1.54) is 12.3 Å². The molecule has 1 heterocycles. The fourth-order valence-electron chi connectivity index (χ4n) is 0.649. The minimum atomic E-state index is -0.768. The SMILES string of the molecule is O=C/C(=C/c1ccco1)[N+](=O)[O-]. The third-order valence-corrected chi connectivity index (χ3v) is 1.16. The van der Waals surface area contributed by atoms with Crippen LogP contribution in [0.3, 0.4) is 0 Å². The van der Waals surface area contributed by atoms with Crippen molar-refractivity contribution in [2.45, 2.75) is 0 Å². The second kappa shape index (κ2) is 3.47. The molecule has 0 N–H and O–H groups in total. The maximum absolute atomic E-state index is 10.1. The van der Waals surface area contributed by atoms with Gasteiger partial charge in [-0.25, -0.2) is 0 Å². The van der Waals surface area contributed by atoms with Crippen LogP contribution in [0.5, 0.6) is 0 Å². The molecule has 0 aliphatic heterocycles. The number of nitrogens with zero attached hydrogens (tertiary/aromatic N) is 1. The molecule has 0 aliphatic rings. The van der Waals surface area contributed by atoms with Crippen molar-refractivity contribution >= 4 is 12.4 Å². The Kier molecular flexibility index (Phi) is 2.37. The van der Waals surface area contributed by atoms with Crippen molar-refractivity contribution in [1.29, 1.82) is 0 Å². The quantitative estimate of drug-likeness (QED) is 0.292. The van der Waals surface area contributed by atoms with E-state index >= 15 is 0 Å². The molecule has 0 aromatic carbocycles. The number of rotatable bonds is 3. The molecule has 1 aromatic rings. The van der Waals surface area contributed by atoms with E-state index in [1.54, 1.807) is 6.07 Å². The van der Waals surface area contributed by atoms with Gasteiger partial charge >= 0.3 is 5.70 Å². The summed E-state index contributed by atoms with van der Waals surface area (Å²) in [5.41, 5.74) is -0.523. The van der Waals surface area contributed by atoms with Crippen LogP contribution in [0.4, 0.5) is 0 Å². The van der Waals surface area contributed by atoms with Gasteiger partial charge in [0.2, 0.25) is 6.29 Å². The van der Waals surface area contributed by atoms with Gasteiger partial charge in [-0.15, -0.1) is 0 Å². The fraction of sp³-hybridized carbons (Fsp3) is 0. The van der Waals surface area contributed by atoms with E-state index in [1.807, 2.05) is 0 Å². The summed E-state index contributed by atoms with van der Waals surface area (Å²) in [5, 5.41) is 10.1. The number of allylic oxidation sites excluding steroid dienone is 1. The topological polar surface area (TPSA) is 73.3 Å². The van der Waals surface area contributed by atoms with Gasteiger partial charge in [-0.3, -0.25) is 14.9 Å². The number of hydrogen-bond acceptors (Lipinski definition) is 4. The fourth-order valence-corrected chi connectivity index (χ4v) is 0.649. The lowest BCUT2D eigenvalue weighted by molar-refractivity contribution is -0.415. The molecule has 1 rings (SSSR count). The van der Waals surface area contributed by atoms with E-state index in [0.717, 1.165) is 6.08 Å². The minimum Gasteiger partial charge on any atom is -0.465 e. The average Bonchev–Trinajstić information content (AvgIpc) is 2.51. The zero-order valence-electron chi connectivity index (χ0n) is 5.97. The van der Waals surface area contributed by atoms with Crippen LogP contribution in [0, 0.1) is 10.1 Å². The number of carbonyl (C=O) groups is 1. The second-order valence-electron chi connectivity index (χ2n) is 1.96. The van der Waals surface area contributed by atoms with E-state index < -0.39 is 10.6 Å². The van der Waals surface area contributed by atoms with Gasteiger partial charge in [-0.05, 0) is 12.1 Å². The molecule has 12 heavy (non-hydrogen) atoms. The van der Waals surface area contributed by atoms with Gasteiger partial charge in [-0.2, -0.15) is 0 Å². The number of hydrogen-bond donors (Lipinski definition) is 0. The number of carbonyl (C=O) groups excluding carboxylic acids is 1. The molecule has 0 spiro atoms. The van der Waals surface area contributed by atoms with Gasteiger partial charge in [0.15, 0.2) is 0 Å². The Balaban J connectivity index is 2.93. The molecule has 0 atom stereocenters. The first-order chi connectivity index (χ1) is 5.74. The molecule has 0 unspecified atom stereocenters. The Morgan fingerprint density at radius 1 is 1.67 bits per heavy atom. The summed E-state index contributed by atoms with van der Waals surface area (Å²) >= 11 is 0. The Hall–Kier alpha value is -1.91. The van der Waals surface area contributed by atoms with Gasteiger partial charge in [0.1, 0.15) is 5.76 Å². The predicted molar refractivity (Wildman–Crippen MR) is 39.7 cm³/mol. The lowest BCUT2D eigenvalue weighted by Gasteiger charge is -1.85. The number of nitro groups is 1. The Morgan fingerprint density at radius 3 is 2.83 bits per heavy atom. The van der Waals surface area contributed by atoms with Gasteiger partial charge in [-0.1, -0.05) is 0 Å². The van der Waals surface area contributed by atoms with Crippen LogP contribution >= 0.6 is 0 Å². The number of furan rings is 1. The van der Waals surface area contributed by atoms with Gasteiger partial charge in [0.25, 0.3) is 0 Å². The van der Waals surface area contributed by atoms with Crippen molar-refractivity contribution in [3.05, 3.63) is 40.0 Å². The summed E-state index contributed by atoms with van der Waals surface area (Å²) < 4.78 is 4.78. The molecule has 0 amide bonds.